The lowest BCUT2D eigenvalue weighted by Gasteiger charge is -2.14. The zero-order valence-corrected chi connectivity index (χ0v) is 13.2. The number of hydrogen-bond acceptors (Lipinski definition) is 4. The van der Waals surface area contributed by atoms with Crippen molar-refractivity contribution in [1.82, 2.24) is 5.32 Å². The van der Waals surface area contributed by atoms with Crippen LogP contribution in [0.1, 0.15) is 22.8 Å². The Morgan fingerprint density at radius 3 is 2.57 bits per heavy atom. The van der Waals surface area contributed by atoms with Gasteiger partial charge in [0.1, 0.15) is 11.3 Å². The number of hydrogen-bond donors (Lipinski definition) is 2. The Kier molecular flexibility index (Phi) is 5.60. The number of aromatic hydroxyl groups is 1. The molecule has 0 bridgehead atoms. The van der Waals surface area contributed by atoms with Gasteiger partial charge in [0, 0.05) is 11.6 Å². The summed E-state index contributed by atoms with van der Waals surface area (Å²) in [5.41, 5.74) is 0.895. The molecule has 2 aromatic carbocycles. The van der Waals surface area contributed by atoms with E-state index in [1.54, 1.807) is 0 Å². The second-order valence-corrected chi connectivity index (χ2v) is 5.35. The fraction of sp³-hybridized carbons (Fsp3) is 0.176. The van der Waals surface area contributed by atoms with Gasteiger partial charge in [-0.05, 0) is 30.7 Å². The monoisotopic (exact) mass is 333 g/mol. The van der Waals surface area contributed by atoms with Gasteiger partial charge in [-0.3, -0.25) is 4.79 Å². The van der Waals surface area contributed by atoms with Crippen molar-refractivity contribution in [2.24, 2.45) is 0 Å². The summed E-state index contributed by atoms with van der Waals surface area (Å²) in [6, 6.07) is 13.4. The van der Waals surface area contributed by atoms with E-state index in [1.807, 2.05) is 30.3 Å². The third-order valence-electron chi connectivity index (χ3n) is 3.14. The van der Waals surface area contributed by atoms with Gasteiger partial charge >= 0.3 is 5.97 Å². The molecule has 6 heteroatoms. The van der Waals surface area contributed by atoms with Crippen LogP contribution >= 0.6 is 11.6 Å². The first-order valence-corrected chi connectivity index (χ1v) is 7.36. The number of phenols is 1. The molecule has 1 atom stereocenters. The van der Waals surface area contributed by atoms with Gasteiger partial charge in [0.2, 0.25) is 0 Å². The molecule has 0 radical (unpaired) electrons. The molecule has 0 aliphatic carbocycles. The third-order valence-corrected chi connectivity index (χ3v) is 3.38. The fourth-order valence-electron chi connectivity index (χ4n) is 1.88. The zero-order chi connectivity index (χ0) is 16.8. The minimum absolute atomic E-state index is 0.0443. The van der Waals surface area contributed by atoms with Crippen LogP contribution in [-0.4, -0.2) is 23.1 Å². The first kappa shape index (κ1) is 16.8. The highest BCUT2D eigenvalue weighted by Crippen LogP contribution is 2.22. The minimum atomic E-state index is -0.985. The molecule has 2 N–H and O–H groups in total. The van der Waals surface area contributed by atoms with Crippen molar-refractivity contribution in [2.45, 2.75) is 19.6 Å². The summed E-state index contributed by atoms with van der Waals surface area (Å²) in [4.78, 5) is 23.9. The van der Waals surface area contributed by atoms with Crippen LogP contribution in [0.15, 0.2) is 48.5 Å². The summed E-state index contributed by atoms with van der Waals surface area (Å²) in [5, 5.41) is 12.7. The summed E-state index contributed by atoms with van der Waals surface area (Å²) in [5.74, 6) is -1.50. The molecule has 0 heterocycles. The standard InChI is InChI=1S/C17H16ClNO4/c1-11(16(21)19-10-12-5-3-2-4-6-12)23-17(22)14-8-7-13(18)9-15(14)20/h2-9,11,20H,10H2,1H3,(H,19,21)/t11-/m1/s1. The lowest BCUT2D eigenvalue weighted by molar-refractivity contribution is -0.129. The van der Waals surface area contributed by atoms with Gasteiger partial charge < -0.3 is 15.2 Å². The van der Waals surface area contributed by atoms with Crippen molar-refractivity contribution >= 4 is 23.5 Å². The van der Waals surface area contributed by atoms with Crippen LogP contribution in [0.25, 0.3) is 0 Å². The molecule has 2 rings (SSSR count). The predicted molar refractivity (Wildman–Crippen MR) is 86.3 cm³/mol. The average molecular weight is 334 g/mol. The van der Waals surface area contributed by atoms with Crippen molar-refractivity contribution in [3.63, 3.8) is 0 Å². The smallest absolute Gasteiger partial charge is 0.342 e. The highest BCUT2D eigenvalue weighted by atomic mass is 35.5. The fourth-order valence-corrected chi connectivity index (χ4v) is 2.05. The summed E-state index contributed by atoms with van der Waals surface area (Å²) >= 11 is 5.70. The van der Waals surface area contributed by atoms with Crippen LogP contribution in [0.5, 0.6) is 5.75 Å². The largest absolute Gasteiger partial charge is 0.507 e. The predicted octanol–water partition coefficient (Wildman–Crippen LogP) is 2.91. The maximum Gasteiger partial charge on any atom is 0.342 e. The summed E-state index contributed by atoms with van der Waals surface area (Å²) in [6.07, 6.45) is -0.985. The number of benzene rings is 2. The molecule has 0 aliphatic rings. The molecular formula is C17H16ClNO4. The molecule has 0 saturated carbocycles. The van der Waals surface area contributed by atoms with Gasteiger partial charge in [0.05, 0.1) is 0 Å². The van der Waals surface area contributed by atoms with Gasteiger partial charge in [0.15, 0.2) is 6.10 Å². The number of phenolic OH excluding ortho intramolecular Hbond substituents is 1. The molecule has 1 amide bonds. The van der Waals surface area contributed by atoms with E-state index in [0.717, 1.165) is 5.56 Å². The molecule has 0 unspecified atom stereocenters. The van der Waals surface area contributed by atoms with E-state index in [0.29, 0.717) is 11.6 Å². The Hall–Kier alpha value is -2.53. The van der Waals surface area contributed by atoms with Crippen LogP contribution < -0.4 is 5.32 Å². The third kappa shape index (κ3) is 4.72. The van der Waals surface area contributed by atoms with Crippen LogP contribution in [0.2, 0.25) is 5.02 Å². The maximum atomic E-state index is 12.0. The van der Waals surface area contributed by atoms with Gasteiger partial charge in [-0.25, -0.2) is 4.79 Å². The van der Waals surface area contributed by atoms with Crippen molar-refractivity contribution in [3.8, 4) is 5.75 Å². The number of carbonyl (C=O) groups excluding carboxylic acids is 2. The number of halogens is 1. The SMILES string of the molecule is C[C@@H](OC(=O)c1ccc(Cl)cc1O)C(=O)NCc1ccccc1. The van der Waals surface area contributed by atoms with E-state index >= 15 is 0 Å². The Balaban J connectivity index is 1.91. The number of carbonyl (C=O) groups is 2. The Bertz CT molecular complexity index is 703. The highest BCUT2D eigenvalue weighted by molar-refractivity contribution is 6.30. The number of ether oxygens (including phenoxy) is 1. The van der Waals surface area contributed by atoms with Gasteiger partial charge in [-0.15, -0.1) is 0 Å². The van der Waals surface area contributed by atoms with Crippen LogP contribution in [-0.2, 0) is 16.1 Å². The van der Waals surface area contributed by atoms with E-state index in [-0.39, 0.29) is 11.3 Å². The second kappa shape index (κ2) is 7.65. The van der Waals surface area contributed by atoms with Gasteiger partial charge in [-0.2, -0.15) is 0 Å². The molecule has 120 valence electrons. The molecule has 0 saturated heterocycles. The molecule has 5 nitrogen and oxygen atoms in total. The number of amides is 1. The minimum Gasteiger partial charge on any atom is -0.507 e. The number of esters is 1. The highest BCUT2D eigenvalue weighted by Gasteiger charge is 2.20. The van der Waals surface area contributed by atoms with Crippen LogP contribution in [0.3, 0.4) is 0 Å². The van der Waals surface area contributed by atoms with Gasteiger partial charge in [-0.1, -0.05) is 41.9 Å². The summed E-state index contributed by atoms with van der Waals surface area (Å²) in [6.45, 7) is 1.80. The van der Waals surface area contributed by atoms with E-state index in [4.69, 9.17) is 16.3 Å². The first-order chi connectivity index (χ1) is 11.0. The molecular weight excluding hydrogens is 318 g/mol. The molecule has 2 aromatic rings. The van der Waals surface area contributed by atoms with E-state index in [2.05, 4.69) is 5.32 Å². The first-order valence-electron chi connectivity index (χ1n) is 6.98. The van der Waals surface area contributed by atoms with Crippen LogP contribution in [0, 0.1) is 0 Å². The van der Waals surface area contributed by atoms with Gasteiger partial charge in [0.25, 0.3) is 5.91 Å². The van der Waals surface area contributed by atoms with E-state index in [1.165, 1.54) is 25.1 Å². The van der Waals surface area contributed by atoms with Crippen molar-refractivity contribution in [3.05, 3.63) is 64.7 Å². The van der Waals surface area contributed by atoms with Crippen molar-refractivity contribution < 1.29 is 19.4 Å². The normalized spacial score (nSPS) is 11.6. The van der Waals surface area contributed by atoms with Crippen LogP contribution in [0.4, 0.5) is 0 Å². The molecule has 0 aliphatic heterocycles. The van der Waals surface area contributed by atoms with Crippen molar-refractivity contribution in [1.29, 1.82) is 0 Å². The summed E-state index contributed by atoms with van der Waals surface area (Å²) < 4.78 is 5.05. The lowest BCUT2D eigenvalue weighted by atomic mass is 10.2. The lowest BCUT2D eigenvalue weighted by Crippen LogP contribution is -2.35. The second-order valence-electron chi connectivity index (χ2n) is 4.91. The molecule has 0 spiro atoms. The summed E-state index contributed by atoms with van der Waals surface area (Å²) in [7, 11) is 0. The zero-order valence-electron chi connectivity index (χ0n) is 12.5. The topological polar surface area (TPSA) is 75.6 Å². The Morgan fingerprint density at radius 1 is 1.22 bits per heavy atom. The Labute approximate surface area is 138 Å². The average Bonchev–Trinajstić information content (AvgIpc) is 2.53. The molecule has 0 fully saturated rings. The van der Waals surface area contributed by atoms with E-state index < -0.39 is 18.0 Å². The maximum absolute atomic E-state index is 12.0. The Morgan fingerprint density at radius 2 is 1.91 bits per heavy atom. The molecule has 23 heavy (non-hydrogen) atoms. The quantitative estimate of drug-likeness (QED) is 0.825. The molecule has 0 aromatic heterocycles. The number of rotatable bonds is 5. The number of nitrogens with one attached hydrogen (secondary N) is 1. The van der Waals surface area contributed by atoms with Crippen molar-refractivity contribution in [2.75, 3.05) is 0 Å². The van der Waals surface area contributed by atoms with E-state index in [9.17, 15) is 14.7 Å².